The van der Waals surface area contributed by atoms with Crippen molar-refractivity contribution in [3.05, 3.63) is 59.0 Å². The smallest absolute Gasteiger partial charge is 0.276 e. The molecule has 0 saturated carbocycles. The number of halogens is 1. The number of aryl methyl sites for hydroxylation is 1. The molecule has 1 N–H and O–H groups in total. The van der Waals surface area contributed by atoms with Crippen molar-refractivity contribution in [3.63, 3.8) is 0 Å². The number of nitrogens with one attached hydrogen (secondary N) is 1. The average Bonchev–Trinajstić information content (AvgIpc) is 3.07. The number of carbonyl (C=O) groups is 1. The number of fused-ring (bicyclic) bond motifs is 2. The van der Waals surface area contributed by atoms with Crippen LogP contribution in [0.5, 0.6) is 0 Å². The van der Waals surface area contributed by atoms with E-state index < -0.39 is 0 Å². The van der Waals surface area contributed by atoms with Crippen molar-refractivity contribution in [1.29, 1.82) is 0 Å². The van der Waals surface area contributed by atoms with Gasteiger partial charge in [0.25, 0.3) is 5.91 Å². The summed E-state index contributed by atoms with van der Waals surface area (Å²) in [6, 6.07) is 11.2. The molecule has 23 heavy (non-hydrogen) atoms. The largest absolute Gasteiger partial charge is 0.296 e. The Kier molecular flexibility index (Phi) is 3.28. The number of pyridine rings is 1. The normalized spacial score (nSPS) is 11.2. The van der Waals surface area contributed by atoms with Gasteiger partial charge in [0.15, 0.2) is 5.13 Å². The summed E-state index contributed by atoms with van der Waals surface area (Å²) in [5, 5.41) is 3.93. The number of hydrogen-bond donors (Lipinski definition) is 1. The number of anilines is 1. The number of benzene rings is 1. The van der Waals surface area contributed by atoms with E-state index in [0.29, 0.717) is 27.1 Å². The van der Waals surface area contributed by atoms with Crippen molar-refractivity contribution in [3.8, 4) is 0 Å². The Hall–Kier alpha value is -2.44. The first kappa shape index (κ1) is 14.2. The molecule has 114 valence electrons. The highest BCUT2D eigenvalue weighted by atomic mass is 35.5. The molecular weight excluding hydrogens is 332 g/mol. The lowest BCUT2D eigenvalue weighted by Gasteiger charge is -2.02. The van der Waals surface area contributed by atoms with Crippen LogP contribution < -0.4 is 5.32 Å². The predicted octanol–water partition coefficient (Wildman–Crippen LogP) is 4.16. The second-order valence-corrected chi connectivity index (χ2v) is 6.47. The van der Waals surface area contributed by atoms with Gasteiger partial charge in [-0.15, -0.1) is 0 Å². The quantitative estimate of drug-likeness (QED) is 0.595. The van der Waals surface area contributed by atoms with Crippen LogP contribution in [0.2, 0.25) is 5.02 Å². The highest BCUT2D eigenvalue weighted by Gasteiger charge is 2.18. The first-order chi connectivity index (χ1) is 11.1. The molecule has 7 heteroatoms. The van der Waals surface area contributed by atoms with Gasteiger partial charge in [0.2, 0.25) is 0 Å². The minimum Gasteiger partial charge on any atom is -0.296 e. The highest BCUT2D eigenvalue weighted by molar-refractivity contribution is 7.22. The molecule has 1 aromatic carbocycles. The Bertz CT molecular complexity index is 1050. The van der Waals surface area contributed by atoms with E-state index in [9.17, 15) is 4.79 Å². The van der Waals surface area contributed by atoms with Crippen LogP contribution in [0.4, 0.5) is 5.13 Å². The SMILES string of the molecule is Cc1nc2ccccn2c1C(=O)Nc1nc2c(Cl)cccc2s1. The molecule has 0 atom stereocenters. The second kappa shape index (κ2) is 5.33. The standard InChI is InChI=1S/C16H11ClN4OS/c1-9-14(21-8-3-2-7-12(21)18-9)15(22)20-16-19-13-10(17)5-4-6-11(13)23-16/h2-8H,1H3,(H,19,20,22). The minimum absolute atomic E-state index is 0.239. The van der Waals surface area contributed by atoms with Gasteiger partial charge in [-0.2, -0.15) is 0 Å². The molecule has 0 bridgehead atoms. The minimum atomic E-state index is -0.239. The van der Waals surface area contributed by atoms with Gasteiger partial charge in [0.1, 0.15) is 16.9 Å². The lowest BCUT2D eigenvalue weighted by Crippen LogP contribution is -2.15. The van der Waals surface area contributed by atoms with E-state index in [1.54, 1.807) is 10.5 Å². The van der Waals surface area contributed by atoms with Crippen molar-refractivity contribution in [2.75, 3.05) is 5.32 Å². The lowest BCUT2D eigenvalue weighted by molar-refractivity contribution is 0.102. The maximum Gasteiger partial charge on any atom is 0.276 e. The van der Waals surface area contributed by atoms with Crippen molar-refractivity contribution >= 4 is 49.8 Å². The van der Waals surface area contributed by atoms with Crippen molar-refractivity contribution in [1.82, 2.24) is 14.4 Å². The molecule has 0 aliphatic carbocycles. The van der Waals surface area contributed by atoms with E-state index >= 15 is 0 Å². The van der Waals surface area contributed by atoms with Gasteiger partial charge in [-0.25, -0.2) is 9.97 Å². The van der Waals surface area contributed by atoms with Crippen molar-refractivity contribution in [2.24, 2.45) is 0 Å². The number of hydrogen-bond acceptors (Lipinski definition) is 4. The van der Waals surface area contributed by atoms with E-state index in [1.165, 1.54) is 11.3 Å². The number of imidazole rings is 1. The first-order valence-electron chi connectivity index (χ1n) is 6.93. The lowest BCUT2D eigenvalue weighted by atomic mass is 10.3. The third-order valence-corrected chi connectivity index (χ3v) is 4.75. The number of nitrogens with zero attached hydrogens (tertiary/aromatic N) is 3. The summed E-state index contributed by atoms with van der Waals surface area (Å²) in [6.45, 7) is 1.82. The topological polar surface area (TPSA) is 59.3 Å². The third-order valence-electron chi connectivity index (χ3n) is 3.51. The summed E-state index contributed by atoms with van der Waals surface area (Å²) in [5.74, 6) is -0.239. The monoisotopic (exact) mass is 342 g/mol. The number of aromatic nitrogens is 3. The van der Waals surface area contributed by atoms with Crippen LogP contribution in [0.15, 0.2) is 42.6 Å². The van der Waals surface area contributed by atoms with Crippen LogP contribution in [-0.4, -0.2) is 20.3 Å². The van der Waals surface area contributed by atoms with Gasteiger partial charge in [0.05, 0.1) is 15.4 Å². The summed E-state index contributed by atoms with van der Waals surface area (Å²) in [4.78, 5) is 21.4. The first-order valence-corrected chi connectivity index (χ1v) is 8.13. The molecule has 0 aliphatic heterocycles. The molecule has 5 nitrogen and oxygen atoms in total. The molecule has 4 rings (SSSR count). The molecule has 0 unspecified atom stereocenters. The van der Waals surface area contributed by atoms with Crippen LogP contribution in [0.3, 0.4) is 0 Å². The Morgan fingerprint density at radius 1 is 1.22 bits per heavy atom. The zero-order valence-electron chi connectivity index (χ0n) is 12.1. The Balaban J connectivity index is 1.73. The van der Waals surface area contributed by atoms with E-state index in [2.05, 4.69) is 15.3 Å². The van der Waals surface area contributed by atoms with E-state index in [1.807, 2.05) is 43.5 Å². The number of amides is 1. The van der Waals surface area contributed by atoms with Gasteiger partial charge in [-0.05, 0) is 31.2 Å². The number of thiazole rings is 1. The molecule has 4 aromatic rings. The third kappa shape index (κ3) is 2.36. The van der Waals surface area contributed by atoms with Gasteiger partial charge in [-0.1, -0.05) is 35.1 Å². The second-order valence-electron chi connectivity index (χ2n) is 5.03. The van der Waals surface area contributed by atoms with Gasteiger partial charge in [0, 0.05) is 6.20 Å². The highest BCUT2D eigenvalue weighted by Crippen LogP contribution is 2.31. The fraction of sp³-hybridized carbons (Fsp3) is 0.0625. The number of carbonyl (C=O) groups excluding carboxylic acids is 1. The molecule has 0 spiro atoms. The van der Waals surface area contributed by atoms with Crippen LogP contribution in [0.1, 0.15) is 16.2 Å². The fourth-order valence-electron chi connectivity index (χ4n) is 2.51. The van der Waals surface area contributed by atoms with E-state index in [4.69, 9.17) is 11.6 Å². The summed E-state index contributed by atoms with van der Waals surface area (Å²) in [7, 11) is 0. The maximum atomic E-state index is 12.6. The van der Waals surface area contributed by atoms with Crippen LogP contribution in [0, 0.1) is 6.92 Å². The molecule has 3 heterocycles. The van der Waals surface area contributed by atoms with Crippen LogP contribution >= 0.6 is 22.9 Å². The summed E-state index contributed by atoms with van der Waals surface area (Å²) >= 11 is 7.52. The molecule has 0 radical (unpaired) electrons. The molecule has 0 saturated heterocycles. The maximum absolute atomic E-state index is 12.6. The molecule has 0 aliphatic rings. The summed E-state index contributed by atoms with van der Waals surface area (Å²) in [6.07, 6.45) is 1.82. The average molecular weight is 343 g/mol. The van der Waals surface area contributed by atoms with E-state index in [0.717, 1.165) is 10.3 Å². The van der Waals surface area contributed by atoms with Gasteiger partial charge >= 0.3 is 0 Å². The Morgan fingerprint density at radius 2 is 2.09 bits per heavy atom. The molecular formula is C16H11ClN4OS. The van der Waals surface area contributed by atoms with E-state index in [-0.39, 0.29) is 5.91 Å². The predicted molar refractivity (Wildman–Crippen MR) is 92.5 cm³/mol. The van der Waals surface area contributed by atoms with Crippen LogP contribution in [-0.2, 0) is 0 Å². The molecule has 1 amide bonds. The summed E-state index contributed by atoms with van der Waals surface area (Å²) in [5.41, 5.74) is 2.62. The van der Waals surface area contributed by atoms with Gasteiger partial charge < -0.3 is 0 Å². The summed E-state index contributed by atoms with van der Waals surface area (Å²) < 4.78 is 2.70. The van der Waals surface area contributed by atoms with Crippen molar-refractivity contribution in [2.45, 2.75) is 6.92 Å². The zero-order valence-corrected chi connectivity index (χ0v) is 13.6. The Labute approximate surface area is 140 Å². The Morgan fingerprint density at radius 3 is 2.91 bits per heavy atom. The van der Waals surface area contributed by atoms with Crippen LogP contribution in [0.25, 0.3) is 15.9 Å². The fourth-order valence-corrected chi connectivity index (χ4v) is 3.67. The molecule has 3 aromatic heterocycles. The molecule has 0 fully saturated rings. The number of para-hydroxylation sites is 1. The van der Waals surface area contributed by atoms with Gasteiger partial charge in [-0.3, -0.25) is 14.5 Å². The number of rotatable bonds is 2. The van der Waals surface area contributed by atoms with Crippen molar-refractivity contribution < 1.29 is 4.79 Å². The zero-order chi connectivity index (χ0) is 16.0.